The zero-order chi connectivity index (χ0) is 14.9. The zero-order valence-electron chi connectivity index (χ0n) is 14.3. The first kappa shape index (κ1) is 15.8. The Morgan fingerprint density at radius 1 is 1.24 bits per heavy atom. The molecule has 2 heterocycles. The second-order valence-corrected chi connectivity index (χ2v) is 8.90. The third-order valence-corrected chi connectivity index (χ3v) is 5.80. The summed E-state index contributed by atoms with van der Waals surface area (Å²) in [7, 11) is 0. The van der Waals surface area contributed by atoms with E-state index in [4.69, 9.17) is 4.74 Å². The van der Waals surface area contributed by atoms with Crippen LogP contribution in [-0.2, 0) is 4.74 Å². The molecule has 3 aliphatic rings. The minimum absolute atomic E-state index is 0.369. The maximum Gasteiger partial charge on any atom is 0.0546 e. The maximum atomic E-state index is 5.88. The Morgan fingerprint density at radius 3 is 2.62 bits per heavy atom. The number of hydrogen-bond acceptors (Lipinski definition) is 3. The first-order valence-corrected chi connectivity index (χ1v) is 9.00. The van der Waals surface area contributed by atoms with Crippen LogP contribution in [0.2, 0.25) is 0 Å². The number of likely N-dealkylation sites (tertiary alicyclic amines) is 1. The van der Waals surface area contributed by atoms with Crippen LogP contribution in [0.1, 0.15) is 52.9 Å². The third-order valence-electron chi connectivity index (χ3n) is 5.80. The minimum Gasteiger partial charge on any atom is -0.381 e. The molecule has 1 saturated carbocycles. The lowest BCUT2D eigenvalue weighted by molar-refractivity contribution is -0.0242. The van der Waals surface area contributed by atoms with Gasteiger partial charge in [0.1, 0.15) is 0 Å². The first-order valence-electron chi connectivity index (χ1n) is 9.00. The van der Waals surface area contributed by atoms with E-state index in [1.807, 2.05) is 0 Å². The van der Waals surface area contributed by atoms with Crippen molar-refractivity contribution in [2.75, 3.05) is 39.4 Å². The molecule has 3 fully saturated rings. The van der Waals surface area contributed by atoms with Crippen LogP contribution < -0.4 is 5.32 Å². The van der Waals surface area contributed by atoms with Gasteiger partial charge in [0.2, 0.25) is 0 Å². The van der Waals surface area contributed by atoms with Gasteiger partial charge in [-0.1, -0.05) is 20.8 Å². The van der Waals surface area contributed by atoms with Crippen LogP contribution in [-0.4, -0.2) is 50.3 Å². The van der Waals surface area contributed by atoms with Crippen molar-refractivity contribution in [3.63, 3.8) is 0 Å². The van der Waals surface area contributed by atoms with Crippen molar-refractivity contribution in [2.45, 2.75) is 58.9 Å². The number of hydrogen-bond donors (Lipinski definition) is 1. The average molecular weight is 294 g/mol. The number of ether oxygens (including phenoxy) is 1. The van der Waals surface area contributed by atoms with Crippen molar-refractivity contribution in [1.29, 1.82) is 0 Å². The zero-order valence-corrected chi connectivity index (χ0v) is 14.3. The van der Waals surface area contributed by atoms with E-state index in [1.165, 1.54) is 51.7 Å². The summed E-state index contributed by atoms with van der Waals surface area (Å²) in [6.07, 6.45) is 6.71. The highest BCUT2D eigenvalue weighted by molar-refractivity contribution is 4.93. The van der Waals surface area contributed by atoms with E-state index >= 15 is 0 Å². The molecule has 1 aliphatic carbocycles. The molecule has 0 spiro atoms. The van der Waals surface area contributed by atoms with Crippen LogP contribution in [0.15, 0.2) is 0 Å². The molecular weight excluding hydrogens is 260 g/mol. The molecule has 0 aromatic rings. The van der Waals surface area contributed by atoms with Crippen LogP contribution in [0.25, 0.3) is 0 Å². The Hall–Kier alpha value is -0.120. The monoisotopic (exact) mass is 294 g/mol. The second-order valence-electron chi connectivity index (χ2n) is 8.90. The van der Waals surface area contributed by atoms with E-state index in [-0.39, 0.29) is 0 Å². The van der Waals surface area contributed by atoms with E-state index < -0.39 is 0 Å². The lowest BCUT2D eigenvalue weighted by Crippen LogP contribution is -2.49. The SMILES string of the molecule is CC(C)(C)C1CCN(CC2(CNC3CC3)CCCOC2)C1. The molecule has 2 saturated heterocycles. The van der Waals surface area contributed by atoms with E-state index in [1.54, 1.807) is 0 Å². The number of rotatable bonds is 5. The van der Waals surface area contributed by atoms with Gasteiger partial charge < -0.3 is 15.0 Å². The summed E-state index contributed by atoms with van der Waals surface area (Å²) in [6, 6.07) is 0.810. The van der Waals surface area contributed by atoms with Crippen LogP contribution in [0, 0.1) is 16.7 Å². The van der Waals surface area contributed by atoms with Gasteiger partial charge in [-0.05, 0) is 50.0 Å². The van der Waals surface area contributed by atoms with Crippen molar-refractivity contribution in [2.24, 2.45) is 16.7 Å². The Bertz CT molecular complexity index is 340. The average Bonchev–Trinajstić information content (AvgIpc) is 3.15. The quantitative estimate of drug-likeness (QED) is 0.844. The predicted molar refractivity (Wildman–Crippen MR) is 87.5 cm³/mol. The summed E-state index contributed by atoms with van der Waals surface area (Å²) >= 11 is 0. The lowest BCUT2D eigenvalue weighted by atomic mass is 9.80. The van der Waals surface area contributed by atoms with Crippen LogP contribution >= 0.6 is 0 Å². The summed E-state index contributed by atoms with van der Waals surface area (Å²) in [5, 5.41) is 3.78. The van der Waals surface area contributed by atoms with Gasteiger partial charge in [-0.15, -0.1) is 0 Å². The van der Waals surface area contributed by atoms with Gasteiger partial charge in [0, 0.05) is 37.7 Å². The van der Waals surface area contributed by atoms with Gasteiger partial charge >= 0.3 is 0 Å². The fourth-order valence-electron chi connectivity index (χ4n) is 4.04. The largest absolute Gasteiger partial charge is 0.381 e. The predicted octanol–water partition coefficient (Wildman–Crippen LogP) is 2.90. The summed E-state index contributed by atoms with van der Waals surface area (Å²) < 4.78 is 5.88. The van der Waals surface area contributed by atoms with E-state index in [0.717, 1.165) is 31.7 Å². The molecule has 0 radical (unpaired) electrons. The molecule has 0 aromatic carbocycles. The molecule has 1 N–H and O–H groups in total. The summed E-state index contributed by atoms with van der Waals surface area (Å²) in [5.74, 6) is 0.857. The molecule has 0 bridgehead atoms. The molecule has 3 heteroatoms. The fourth-order valence-corrected chi connectivity index (χ4v) is 4.04. The number of nitrogens with one attached hydrogen (secondary N) is 1. The smallest absolute Gasteiger partial charge is 0.0546 e. The van der Waals surface area contributed by atoms with Gasteiger partial charge in [-0.25, -0.2) is 0 Å². The van der Waals surface area contributed by atoms with Gasteiger partial charge in [0.05, 0.1) is 6.61 Å². The molecule has 2 unspecified atom stereocenters. The molecule has 0 amide bonds. The van der Waals surface area contributed by atoms with Crippen LogP contribution in [0.3, 0.4) is 0 Å². The van der Waals surface area contributed by atoms with Crippen molar-refractivity contribution in [1.82, 2.24) is 10.2 Å². The normalized spacial score (nSPS) is 35.3. The Morgan fingerprint density at radius 2 is 2.05 bits per heavy atom. The van der Waals surface area contributed by atoms with Crippen LogP contribution in [0.5, 0.6) is 0 Å². The van der Waals surface area contributed by atoms with Crippen molar-refractivity contribution in [3.05, 3.63) is 0 Å². The Balaban J connectivity index is 1.56. The van der Waals surface area contributed by atoms with Crippen LogP contribution in [0.4, 0.5) is 0 Å². The molecule has 3 rings (SSSR count). The standard InChI is InChI=1S/C18H34N2O/c1-17(2,3)15-7-9-20(11-15)13-18(8-4-10-21-14-18)12-19-16-5-6-16/h15-16,19H,4-14H2,1-3H3. The van der Waals surface area contributed by atoms with Gasteiger partial charge in [-0.3, -0.25) is 0 Å². The summed E-state index contributed by atoms with van der Waals surface area (Å²) in [4.78, 5) is 2.72. The minimum atomic E-state index is 0.369. The molecule has 2 atom stereocenters. The highest BCUT2D eigenvalue weighted by atomic mass is 16.5. The second kappa shape index (κ2) is 6.17. The van der Waals surface area contributed by atoms with Crippen molar-refractivity contribution >= 4 is 0 Å². The topological polar surface area (TPSA) is 24.5 Å². The summed E-state index contributed by atoms with van der Waals surface area (Å²) in [6.45, 7) is 14.1. The van der Waals surface area contributed by atoms with E-state index in [2.05, 4.69) is 31.0 Å². The van der Waals surface area contributed by atoms with Gasteiger partial charge in [0.15, 0.2) is 0 Å². The fraction of sp³-hybridized carbons (Fsp3) is 1.00. The summed E-state index contributed by atoms with van der Waals surface area (Å²) in [5.41, 5.74) is 0.824. The molecule has 3 nitrogen and oxygen atoms in total. The lowest BCUT2D eigenvalue weighted by Gasteiger charge is -2.40. The molecule has 2 aliphatic heterocycles. The van der Waals surface area contributed by atoms with Gasteiger partial charge in [-0.2, -0.15) is 0 Å². The molecular formula is C18H34N2O. The Labute approximate surface area is 130 Å². The first-order chi connectivity index (χ1) is 9.97. The van der Waals surface area contributed by atoms with E-state index in [0.29, 0.717) is 10.8 Å². The Kier molecular flexibility index (Phi) is 4.63. The number of nitrogens with zero attached hydrogens (tertiary/aromatic N) is 1. The maximum absolute atomic E-state index is 5.88. The molecule has 122 valence electrons. The molecule has 0 aromatic heterocycles. The highest BCUT2D eigenvalue weighted by Gasteiger charge is 2.39. The third kappa shape index (κ3) is 4.20. The van der Waals surface area contributed by atoms with Crippen molar-refractivity contribution < 1.29 is 4.74 Å². The highest BCUT2D eigenvalue weighted by Crippen LogP contribution is 2.37. The van der Waals surface area contributed by atoms with E-state index in [9.17, 15) is 0 Å². The van der Waals surface area contributed by atoms with Gasteiger partial charge in [0.25, 0.3) is 0 Å². The molecule has 21 heavy (non-hydrogen) atoms. The van der Waals surface area contributed by atoms with Crippen molar-refractivity contribution in [3.8, 4) is 0 Å².